The van der Waals surface area contributed by atoms with E-state index >= 15 is 0 Å². The zero-order valence-electron chi connectivity index (χ0n) is 14.9. The Labute approximate surface area is 159 Å². The van der Waals surface area contributed by atoms with Crippen molar-refractivity contribution in [1.82, 2.24) is 19.7 Å². The van der Waals surface area contributed by atoms with Gasteiger partial charge >= 0.3 is 0 Å². The Kier molecular flexibility index (Phi) is 5.65. The van der Waals surface area contributed by atoms with Crippen molar-refractivity contribution in [2.24, 2.45) is 5.92 Å². The number of hydrogen-bond donors (Lipinski definition) is 0. The third kappa shape index (κ3) is 4.15. The molecule has 1 fully saturated rings. The van der Waals surface area contributed by atoms with Crippen molar-refractivity contribution in [1.29, 1.82) is 0 Å². The number of aromatic nitrogens is 4. The average Bonchev–Trinajstić information content (AvgIpc) is 3.11. The number of rotatable bonds is 6. The molecule has 0 radical (unpaired) electrons. The molecule has 1 aromatic carbocycles. The van der Waals surface area contributed by atoms with Crippen LogP contribution in [0.3, 0.4) is 0 Å². The molecule has 0 atom stereocenters. The molecule has 2 aromatic heterocycles. The van der Waals surface area contributed by atoms with Crippen LogP contribution >= 0.6 is 11.8 Å². The molecule has 134 valence electrons. The first-order valence-electron chi connectivity index (χ1n) is 9.40. The Morgan fingerprint density at radius 2 is 1.81 bits per heavy atom. The van der Waals surface area contributed by atoms with Crippen molar-refractivity contribution in [2.75, 3.05) is 5.75 Å². The zero-order chi connectivity index (χ0) is 17.6. The fraction of sp³-hybridized carbons (Fsp3) is 0.381. The second-order valence-electron chi connectivity index (χ2n) is 6.93. The van der Waals surface area contributed by atoms with Crippen molar-refractivity contribution in [3.8, 4) is 11.4 Å². The molecular formula is C21H24N4S. The minimum absolute atomic E-state index is 0.783. The maximum atomic E-state index is 4.52. The van der Waals surface area contributed by atoms with Crippen molar-refractivity contribution in [2.45, 2.75) is 43.8 Å². The van der Waals surface area contributed by atoms with Crippen LogP contribution in [0.4, 0.5) is 0 Å². The minimum Gasteiger partial charge on any atom is -0.298 e. The van der Waals surface area contributed by atoms with Crippen LogP contribution in [0.2, 0.25) is 0 Å². The summed E-state index contributed by atoms with van der Waals surface area (Å²) in [5.41, 5.74) is 2.28. The maximum absolute atomic E-state index is 4.52. The highest BCUT2D eigenvalue weighted by molar-refractivity contribution is 7.99. The van der Waals surface area contributed by atoms with Crippen LogP contribution in [0, 0.1) is 5.92 Å². The Morgan fingerprint density at radius 1 is 0.962 bits per heavy atom. The third-order valence-electron chi connectivity index (χ3n) is 4.99. The van der Waals surface area contributed by atoms with E-state index in [0.29, 0.717) is 0 Å². The lowest BCUT2D eigenvalue weighted by Gasteiger charge is -2.20. The molecule has 0 N–H and O–H groups in total. The van der Waals surface area contributed by atoms with Crippen LogP contribution < -0.4 is 0 Å². The van der Waals surface area contributed by atoms with Crippen LogP contribution in [0.15, 0.2) is 60.0 Å². The lowest BCUT2D eigenvalue weighted by molar-refractivity contribution is 0.390. The number of thioether (sulfide) groups is 1. The predicted octanol–water partition coefficient (Wildman–Crippen LogP) is 5.06. The molecule has 0 saturated heterocycles. The highest BCUT2D eigenvalue weighted by atomic mass is 32.2. The fourth-order valence-electron chi connectivity index (χ4n) is 3.56. The molecule has 1 saturated carbocycles. The van der Waals surface area contributed by atoms with Crippen molar-refractivity contribution >= 4 is 11.8 Å². The first kappa shape index (κ1) is 17.3. The molecule has 4 rings (SSSR count). The first-order chi connectivity index (χ1) is 12.9. The maximum Gasteiger partial charge on any atom is 0.191 e. The van der Waals surface area contributed by atoms with Crippen LogP contribution in [0.25, 0.3) is 11.4 Å². The van der Waals surface area contributed by atoms with E-state index in [1.807, 2.05) is 30.1 Å². The molecule has 3 aromatic rings. The summed E-state index contributed by atoms with van der Waals surface area (Å²) in [5, 5.41) is 10.0. The van der Waals surface area contributed by atoms with Crippen LogP contribution in [0.5, 0.6) is 0 Å². The molecule has 0 bridgehead atoms. The third-order valence-corrected chi connectivity index (χ3v) is 6.19. The molecule has 1 aliphatic rings. The summed E-state index contributed by atoms with van der Waals surface area (Å²) in [4.78, 5) is 4.25. The van der Waals surface area contributed by atoms with Crippen LogP contribution in [-0.4, -0.2) is 25.5 Å². The van der Waals surface area contributed by atoms with Crippen molar-refractivity contribution < 1.29 is 0 Å². The van der Waals surface area contributed by atoms with Gasteiger partial charge in [-0.2, -0.15) is 0 Å². The standard InChI is InChI=1S/C21H24N4S/c1-3-8-17(9-4-1)15-25-20(19-12-7-13-22-14-19)23-24-21(25)26-16-18-10-5-2-6-11-18/h1,3-4,7-9,12-14,18H,2,5-6,10-11,15-16H2. The summed E-state index contributed by atoms with van der Waals surface area (Å²) >= 11 is 1.86. The van der Waals surface area contributed by atoms with E-state index in [1.54, 1.807) is 6.20 Å². The Balaban J connectivity index is 1.59. The van der Waals surface area contributed by atoms with Gasteiger partial charge in [0.05, 0.1) is 6.54 Å². The normalized spacial score (nSPS) is 15.2. The molecule has 4 nitrogen and oxygen atoms in total. The van der Waals surface area contributed by atoms with Gasteiger partial charge in [-0.3, -0.25) is 9.55 Å². The van der Waals surface area contributed by atoms with Gasteiger partial charge in [-0.1, -0.05) is 61.4 Å². The van der Waals surface area contributed by atoms with E-state index in [2.05, 4.69) is 50.1 Å². The highest BCUT2D eigenvalue weighted by Crippen LogP contribution is 2.31. The number of pyridine rings is 1. The predicted molar refractivity (Wildman–Crippen MR) is 106 cm³/mol. The second kappa shape index (κ2) is 8.49. The van der Waals surface area contributed by atoms with Gasteiger partial charge in [0.1, 0.15) is 0 Å². The molecular weight excluding hydrogens is 340 g/mol. The zero-order valence-corrected chi connectivity index (χ0v) is 15.7. The summed E-state index contributed by atoms with van der Waals surface area (Å²) in [7, 11) is 0. The highest BCUT2D eigenvalue weighted by Gasteiger charge is 2.18. The van der Waals surface area contributed by atoms with E-state index < -0.39 is 0 Å². The SMILES string of the molecule is c1ccc(Cn2c(SCC3CCCCC3)nnc2-c2cccnc2)cc1. The Hall–Kier alpha value is -2.14. The van der Waals surface area contributed by atoms with E-state index in [9.17, 15) is 0 Å². The van der Waals surface area contributed by atoms with Gasteiger partial charge in [0, 0.05) is 23.7 Å². The molecule has 0 amide bonds. The van der Waals surface area contributed by atoms with E-state index in [-0.39, 0.29) is 0 Å². The lowest BCUT2D eigenvalue weighted by Crippen LogP contribution is -2.10. The van der Waals surface area contributed by atoms with Crippen molar-refractivity contribution in [3.63, 3.8) is 0 Å². The number of benzene rings is 1. The largest absolute Gasteiger partial charge is 0.298 e. The smallest absolute Gasteiger partial charge is 0.191 e. The molecule has 0 spiro atoms. The summed E-state index contributed by atoms with van der Waals surface area (Å²) in [6, 6.07) is 14.5. The van der Waals surface area contributed by atoms with Crippen LogP contribution in [-0.2, 0) is 6.54 Å². The molecule has 0 unspecified atom stereocenters. The number of hydrogen-bond acceptors (Lipinski definition) is 4. The van der Waals surface area contributed by atoms with Gasteiger partial charge in [-0.05, 0) is 36.5 Å². The monoisotopic (exact) mass is 364 g/mol. The van der Waals surface area contributed by atoms with Gasteiger partial charge in [0.2, 0.25) is 0 Å². The molecule has 1 aliphatic carbocycles. The lowest BCUT2D eigenvalue weighted by atomic mass is 9.91. The van der Waals surface area contributed by atoms with Gasteiger partial charge in [-0.25, -0.2) is 0 Å². The van der Waals surface area contributed by atoms with Gasteiger partial charge < -0.3 is 0 Å². The number of nitrogens with zero attached hydrogens (tertiary/aromatic N) is 4. The quantitative estimate of drug-likeness (QED) is 0.573. The Bertz CT molecular complexity index is 811. The molecule has 0 aliphatic heterocycles. The topological polar surface area (TPSA) is 43.6 Å². The second-order valence-corrected chi connectivity index (χ2v) is 7.92. The van der Waals surface area contributed by atoms with Gasteiger partial charge in [0.25, 0.3) is 0 Å². The fourth-order valence-corrected chi connectivity index (χ4v) is 4.68. The first-order valence-corrected chi connectivity index (χ1v) is 10.4. The molecule has 5 heteroatoms. The van der Waals surface area contributed by atoms with E-state index in [0.717, 1.165) is 34.8 Å². The van der Waals surface area contributed by atoms with Gasteiger partial charge in [-0.15, -0.1) is 10.2 Å². The summed E-state index contributed by atoms with van der Waals surface area (Å²) in [6.45, 7) is 0.783. The summed E-state index contributed by atoms with van der Waals surface area (Å²) in [6.07, 6.45) is 10.5. The van der Waals surface area contributed by atoms with Gasteiger partial charge in [0.15, 0.2) is 11.0 Å². The summed E-state index contributed by atoms with van der Waals surface area (Å²) in [5.74, 6) is 2.85. The molecule has 26 heavy (non-hydrogen) atoms. The van der Waals surface area contributed by atoms with E-state index in [1.165, 1.54) is 37.7 Å². The Morgan fingerprint density at radius 3 is 2.58 bits per heavy atom. The average molecular weight is 365 g/mol. The van der Waals surface area contributed by atoms with Crippen LogP contribution in [0.1, 0.15) is 37.7 Å². The van der Waals surface area contributed by atoms with E-state index in [4.69, 9.17) is 0 Å². The summed E-state index contributed by atoms with van der Waals surface area (Å²) < 4.78 is 2.24. The van der Waals surface area contributed by atoms with Crippen molar-refractivity contribution in [3.05, 3.63) is 60.4 Å². The minimum atomic E-state index is 0.783. The molecule has 2 heterocycles.